The van der Waals surface area contributed by atoms with Gasteiger partial charge in [-0.15, -0.1) is 11.3 Å². The fourth-order valence-corrected chi connectivity index (χ4v) is 9.74. The van der Waals surface area contributed by atoms with Gasteiger partial charge >= 0.3 is 0 Å². The van der Waals surface area contributed by atoms with E-state index < -0.39 is 0 Å². The standard InChI is InChI=1S/C46H32ClN3S/c1-2-32-42(29-15-5-3-6-16-29)48-46(36-21-13-23-40-41(36)35-20-11-12-22-39(35)50(40)31-17-7-4-8-18-31)49-43(32)38-27-30(47)26-37-34-25-24-28-14-9-10-19-33(28)44(34)51-45(37)38/h3-27,32,42H,2H2,1H3. The number of benzene rings is 7. The van der Waals surface area contributed by atoms with E-state index in [9.17, 15) is 0 Å². The molecule has 0 bridgehead atoms. The molecule has 7 aromatic carbocycles. The molecule has 0 saturated heterocycles. The maximum atomic E-state index is 7.04. The second-order valence-corrected chi connectivity index (χ2v) is 14.8. The van der Waals surface area contributed by atoms with Crippen molar-refractivity contribution in [1.82, 2.24) is 4.57 Å². The van der Waals surface area contributed by atoms with Crippen molar-refractivity contribution in [2.45, 2.75) is 19.4 Å². The third-order valence-corrected chi connectivity index (χ3v) is 12.0. The molecule has 10 rings (SSSR count). The second-order valence-electron chi connectivity index (χ2n) is 13.3. The van der Waals surface area contributed by atoms with Crippen molar-refractivity contribution in [1.29, 1.82) is 0 Å². The van der Waals surface area contributed by atoms with Gasteiger partial charge in [0.25, 0.3) is 0 Å². The summed E-state index contributed by atoms with van der Waals surface area (Å²) in [5, 5.41) is 7.97. The highest BCUT2D eigenvalue weighted by atomic mass is 35.5. The zero-order valence-corrected chi connectivity index (χ0v) is 29.5. The number of thiophene rings is 1. The molecule has 0 amide bonds. The molecule has 1 aliphatic rings. The van der Waals surface area contributed by atoms with Crippen LogP contribution in [-0.4, -0.2) is 16.1 Å². The first-order valence-electron chi connectivity index (χ1n) is 17.5. The number of nitrogens with zero attached hydrogens (tertiary/aromatic N) is 3. The summed E-state index contributed by atoms with van der Waals surface area (Å²) >= 11 is 8.89. The molecule has 9 aromatic rings. The van der Waals surface area contributed by atoms with Crippen LogP contribution in [0.2, 0.25) is 5.02 Å². The largest absolute Gasteiger partial charge is 0.309 e. The molecule has 0 aliphatic carbocycles. The van der Waals surface area contributed by atoms with Crippen LogP contribution in [-0.2, 0) is 0 Å². The Hall–Kier alpha value is -5.55. The Balaban J connectivity index is 1.27. The van der Waals surface area contributed by atoms with Gasteiger partial charge in [0, 0.05) is 58.7 Å². The molecule has 2 atom stereocenters. The van der Waals surface area contributed by atoms with Gasteiger partial charge in [-0.3, -0.25) is 4.99 Å². The number of para-hydroxylation sites is 2. The smallest absolute Gasteiger partial charge is 0.156 e. The van der Waals surface area contributed by atoms with E-state index in [0.29, 0.717) is 0 Å². The maximum Gasteiger partial charge on any atom is 0.156 e. The molecule has 0 saturated carbocycles. The summed E-state index contributed by atoms with van der Waals surface area (Å²) in [6.07, 6.45) is 0.883. The van der Waals surface area contributed by atoms with E-state index in [1.807, 2.05) is 11.3 Å². The Morgan fingerprint density at radius 2 is 1.35 bits per heavy atom. The minimum absolute atomic E-state index is 0.0598. The highest BCUT2D eigenvalue weighted by Gasteiger charge is 2.34. The molecule has 2 unspecified atom stereocenters. The molecule has 244 valence electrons. The topological polar surface area (TPSA) is 29.6 Å². The average Bonchev–Trinajstić information content (AvgIpc) is 3.74. The molecular weight excluding hydrogens is 662 g/mol. The number of halogens is 1. The van der Waals surface area contributed by atoms with E-state index in [0.717, 1.165) is 56.2 Å². The van der Waals surface area contributed by atoms with Crippen molar-refractivity contribution in [3.05, 3.63) is 173 Å². The van der Waals surface area contributed by atoms with Crippen molar-refractivity contribution in [2.24, 2.45) is 15.9 Å². The first kappa shape index (κ1) is 30.3. The van der Waals surface area contributed by atoms with Crippen LogP contribution in [0.1, 0.15) is 36.1 Å². The van der Waals surface area contributed by atoms with Gasteiger partial charge in [-0.25, -0.2) is 4.99 Å². The maximum absolute atomic E-state index is 7.04. The third kappa shape index (κ3) is 4.78. The van der Waals surface area contributed by atoms with E-state index in [4.69, 9.17) is 21.6 Å². The molecule has 0 fully saturated rings. The Morgan fingerprint density at radius 1 is 0.627 bits per heavy atom. The van der Waals surface area contributed by atoms with Crippen molar-refractivity contribution < 1.29 is 0 Å². The fraction of sp³-hybridized carbons (Fsp3) is 0.0870. The van der Waals surface area contributed by atoms with Crippen LogP contribution in [0.4, 0.5) is 0 Å². The number of aliphatic imine (C=N–C) groups is 2. The highest BCUT2D eigenvalue weighted by molar-refractivity contribution is 7.27. The number of aromatic nitrogens is 1. The first-order chi connectivity index (χ1) is 25.2. The Kier molecular flexibility index (Phi) is 7.16. The second kappa shape index (κ2) is 12.1. The van der Waals surface area contributed by atoms with Crippen LogP contribution < -0.4 is 0 Å². The lowest BCUT2D eigenvalue weighted by Crippen LogP contribution is -2.28. The molecule has 0 N–H and O–H groups in total. The van der Waals surface area contributed by atoms with Crippen LogP contribution in [0, 0.1) is 5.92 Å². The quantitative estimate of drug-likeness (QED) is 0.172. The fourth-order valence-electron chi connectivity index (χ4n) is 8.18. The lowest BCUT2D eigenvalue weighted by atomic mass is 9.82. The van der Waals surface area contributed by atoms with Crippen molar-refractivity contribution in [3.63, 3.8) is 0 Å². The number of rotatable bonds is 5. The van der Waals surface area contributed by atoms with Crippen molar-refractivity contribution >= 4 is 87.2 Å². The molecule has 3 heterocycles. The number of hydrogen-bond acceptors (Lipinski definition) is 3. The summed E-state index contributed by atoms with van der Waals surface area (Å²) in [4.78, 5) is 11.2. The predicted octanol–water partition coefficient (Wildman–Crippen LogP) is 13.0. The molecule has 2 aromatic heterocycles. The summed E-state index contributed by atoms with van der Waals surface area (Å²) in [7, 11) is 0. The molecular formula is C46H32ClN3S. The molecule has 3 nitrogen and oxygen atoms in total. The Labute approximate surface area is 304 Å². The summed E-state index contributed by atoms with van der Waals surface area (Å²) in [5.41, 5.74) is 7.79. The van der Waals surface area contributed by atoms with Gasteiger partial charge < -0.3 is 4.57 Å². The van der Waals surface area contributed by atoms with Crippen LogP contribution >= 0.6 is 22.9 Å². The zero-order valence-electron chi connectivity index (χ0n) is 27.9. The van der Waals surface area contributed by atoms with Gasteiger partial charge in [0.15, 0.2) is 5.84 Å². The summed E-state index contributed by atoms with van der Waals surface area (Å²) in [6.45, 7) is 2.25. The van der Waals surface area contributed by atoms with Crippen LogP contribution in [0.3, 0.4) is 0 Å². The van der Waals surface area contributed by atoms with Crippen LogP contribution in [0.5, 0.6) is 0 Å². The van der Waals surface area contributed by atoms with E-state index >= 15 is 0 Å². The highest BCUT2D eigenvalue weighted by Crippen LogP contribution is 2.45. The molecule has 0 spiro atoms. The van der Waals surface area contributed by atoms with E-state index in [1.165, 1.54) is 41.9 Å². The van der Waals surface area contributed by atoms with Gasteiger partial charge in [0.05, 0.1) is 22.8 Å². The van der Waals surface area contributed by atoms with Crippen molar-refractivity contribution in [3.8, 4) is 5.69 Å². The average molecular weight is 694 g/mol. The molecule has 51 heavy (non-hydrogen) atoms. The summed E-state index contributed by atoms with van der Waals surface area (Å²) in [5.74, 6) is 0.814. The first-order valence-corrected chi connectivity index (χ1v) is 18.7. The Morgan fingerprint density at radius 3 is 2.18 bits per heavy atom. The minimum atomic E-state index is -0.110. The monoisotopic (exact) mass is 693 g/mol. The third-order valence-electron chi connectivity index (χ3n) is 10.5. The van der Waals surface area contributed by atoms with Gasteiger partial charge in [-0.2, -0.15) is 0 Å². The van der Waals surface area contributed by atoms with E-state index in [1.54, 1.807) is 0 Å². The molecule has 1 aliphatic heterocycles. The predicted molar refractivity (Wildman–Crippen MR) is 219 cm³/mol. The normalized spacial score (nSPS) is 16.4. The van der Waals surface area contributed by atoms with E-state index in [-0.39, 0.29) is 12.0 Å². The SMILES string of the molecule is CCC1C(c2cc(Cl)cc3c2sc2c4ccccc4ccc32)=NC(c2cccc3c2c2ccccc2n3-c2ccccc2)=NC1c1ccccc1. The van der Waals surface area contributed by atoms with Gasteiger partial charge in [-0.05, 0) is 59.2 Å². The Bertz CT molecular complexity index is 2860. The lowest BCUT2D eigenvalue weighted by Gasteiger charge is -2.30. The number of amidine groups is 1. The van der Waals surface area contributed by atoms with Gasteiger partial charge in [0.2, 0.25) is 0 Å². The minimum Gasteiger partial charge on any atom is -0.309 e. The summed E-state index contributed by atoms with van der Waals surface area (Å²) in [6, 6.07) is 53.8. The zero-order chi connectivity index (χ0) is 34.1. The number of hydrogen-bond donors (Lipinski definition) is 0. The summed E-state index contributed by atoms with van der Waals surface area (Å²) < 4.78 is 4.85. The van der Waals surface area contributed by atoms with Crippen LogP contribution in [0.25, 0.3) is 58.4 Å². The van der Waals surface area contributed by atoms with Gasteiger partial charge in [0.1, 0.15) is 0 Å². The van der Waals surface area contributed by atoms with Gasteiger partial charge in [-0.1, -0.05) is 134 Å². The lowest BCUT2D eigenvalue weighted by molar-refractivity contribution is 0.533. The molecule has 0 radical (unpaired) electrons. The van der Waals surface area contributed by atoms with Crippen LogP contribution in [0.15, 0.2) is 162 Å². The van der Waals surface area contributed by atoms with E-state index in [2.05, 4.69) is 163 Å². The molecule has 5 heteroatoms. The number of fused-ring (bicyclic) bond motifs is 8. The van der Waals surface area contributed by atoms with Crippen molar-refractivity contribution in [2.75, 3.05) is 0 Å².